The molecule has 6 heteroatoms. The standard InChI is InChI=1S/C18H20N2O4/c1-2-23-17(21)13-24-18(22)19-11-10-14-8-9-16(20-12-14)15-6-4-3-5-7-15/h3-9,12H,2,10-11,13H2,1H3,(H,19,22). The number of alkyl carbamates (subject to hydrolysis) is 1. The predicted octanol–water partition coefficient (Wildman–Crippen LogP) is 2.58. The molecule has 0 aliphatic heterocycles. The first-order chi connectivity index (χ1) is 11.7. The van der Waals surface area contributed by atoms with Crippen molar-refractivity contribution >= 4 is 12.1 Å². The first kappa shape index (κ1) is 17.5. The number of amides is 1. The molecule has 0 fully saturated rings. The summed E-state index contributed by atoms with van der Waals surface area (Å²) < 4.78 is 9.39. The van der Waals surface area contributed by atoms with E-state index in [0.717, 1.165) is 16.8 Å². The van der Waals surface area contributed by atoms with E-state index in [1.54, 1.807) is 13.1 Å². The minimum Gasteiger partial charge on any atom is -0.463 e. The maximum absolute atomic E-state index is 11.4. The van der Waals surface area contributed by atoms with Crippen molar-refractivity contribution in [3.05, 3.63) is 54.2 Å². The number of pyridine rings is 1. The molecule has 126 valence electrons. The van der Waals surface area contributed by atoms with Crippen molar-refractivity contribution in [1.82, 2.24) is 10.3 Å². The van der Waals surface area contributed by atoms with E-state index in [-0.39, 0.29) is 13.2 Å². The summed E-state index contributed by atoms with van der Waals surface area (Å²) in [5, 5.41) is 2.58. The second kappa shape index (κ2) is 9.29. The molecule has 0 saturated carbocycles. The zero-order chi connectivity index (χ0) is 17.2. The Morgan fingerprint density at radius 2 is 1.88 bits per heavy atom. The number of hydrogen-bond acceptors (Lipinski definition) is 5. The van der Waals surface area contributed by atoms with E-state index in [4.69, 9.17) is 4.74 Å². The van der Waals surface area contributed by atoms with Gasteiger partial charge in [0.1, 0.15) is 0 Å². The van der Waals surface area contributed by atoms with Gasteiger partial charge >= 0.3 is 12.1 Å². The van der Waals surface area contributed by atoms with Crippen molar-refractivity contribution in [3.63, 3.8) is 0 Å². The summed E-state index contributed by atoms with van der Waals surface area (Å²) in [5.74, 6) is -0.562. The van der Waals surface area contributed by atoms with Gasteiger partial charge in [-0.2, -0.15) is 0 Å². The number of hydrogen-bond donors (Lipinski definition) is 1. The number of carbonyl (C=O) groups is 2. The first-order valence-electron chi connectivity index (χ1n) is 7.75. The van der Waals surface area contributed by atoms with Crippen molar-refractivity contribution in [2.24, 2.45) is 0 Å². The molecule has 1 aromatic carbocycles. The fourth-order valence-corrected chi connectivity index (χ4v) is 2.04. The molecule has 0 aliphatic carbocycles. The molecule has 1 aromatic heterocycles. The molecule has 1 amide bonds. The molecule has 0 radical (unpaired) electrons. The van der Waals surface area contributed by atoms with E-state index >= 15 is 0 Å². The average Bonchev–Trinajstić information content (AvgIpc) is 2.62. The number of nitrogens with zero attached hydrogens (tertiary/aromatic N) is 1. The Balaban J connectivity index is 1.73. The Hall–Kier alpha value is -2.89. The van der Waals surface area contributed by atoms with Crippen molar-refractivity contribution < 1.29 is 19.1 Å². The SMILES string of the molecule is CCOC(=O)COC(=O)NCCc1ccc(-c2ccccc2)nc1. The summed E-state index contributed by atoms with van der Waals surface area (Å²) in [6.07, 6.45) is 1.77. The summed E-state index contributed by atoms with van der Waals surface area (Å²) >= 11 is 0. The highest BCUT2D eigenvalue weighted by molar-refractivity contribution is 5.75. The second-order valence-electron chi connectivity index (χ2n) is 4.98. The highest BCUT2D eigenvalue weighted by atomic mass is 16.6. The highest BCUT2D eigenvalue weighted by Crippen LogP contribution is 2.16. The molecule has 0 atom stereocenters. The highest BCUT2D eigenvalue weighted by Gasteiger charge is 2.07. The molecule has 0 aliphatic rings. The molecule has 0 saturated heterocycles. The van der Waals surface area contributed by atoms with Crippen LogP contribution in [0.1, 0.15) is 12.5 Å². The second-order valence-corrected chi connectivity index (χ2v) is 4.98. The van der Waals surface area contributed by atoms with Crippen molar-refractivity contribution in [2.45, 2.75) is 13.3 Å². The van der Waals surface area contributed by atoms with E-state index in [0.29, 0.717) is 13.0 Å². The quantitative estimate of drug-likeness (QED) is 0.791. The Bertz CT molecular complexity index is 656. The summed E-state index contributed by atoms with van der Waals surface area (Å²) in [7, 11) is 0. The van der Waals surface area contributed by atoms with Crippen LogP contribution in [-0.4, -0.2) is 36.8 Å². The maximum atomic E-state index is 11.4. The van der Waals surface area contributed by atoms with Gasteiger partial charge in [-0.3, -0.25) is 4.98 Å². The summed E-state index contributed by atoms with van der Waals surface area (Å²) in [4.78, 5) is 26.9. The van der Waals surface area contributed by atoms with Gasteiger partial charge in [-0.25, -0.2) is 9.59 Å². The fourth-order valence-electron chi connectivity index (χ4n) is 2.04. The fraction of sp³-hybridized carbons (Fsp3) is 0.278. The molecule has 2 rings (SSSR count). The number of nitrogens with one attached hydrogen (secondary N) is 1. The first-order valence-corrected chi connectivity index (χ1v) is 7.75. The molecule has 24 heavy (non-hydrogen) atoms. The third-order valence-corrected chi connectivity index (χ3v) is 3.20. The van der Waals surface area contributed by atoms with Gasteiger partial charge in [0.05, 0.1) is 12.3 Å². The average molecular weight is 328 g/mol. The van der Waals surface area contributed by atoms with Gasteiger partial charge in [0.25, 0.3) is 0 Å². The van der Waals surface area contributed by atoms with Crippen LogP contribution < -0.4 is 5.32 Å². The van der Waals surface area contributed by atoms with Gasteiger partial charge in [0.2, 0.25) is 0 Å². The van der Waals surface area contributed by atoms with Crippen LogP contribution in [0.5, 0.6) is 0 Å². The Kier molecular flexibility index (Phi) is 6.76. The predicted molar refractivity (Wildman–Crippen MR) is 89.4 cm³/mol. The van der Waals surface area contributed by atoms with Gasteiger partial charge in [-0.15, -0.1) is 0 Å². The number of benzene rings is 1. The number of ether oxygens (including phenoxy) is 2. The molecular weight excluding hydrogens is 308 g/mol. The molecule has 0 unspecified atom stereocenters. The molecular formula is C18H20N2O4. The lowest BCUT2D eigenvalue weighted by Gasteiger charge is -2.07. The minimum absolute atomic E-state index is 0.260. The third-order valence-electron chi connectivity index (χ3n) is 3.20. The Morgan fingerprint density at radius 3 is 2.54 bits per heavy atom. The van der Waals surface area contributed by atoms with E-state index in [1.807, 2.05) is 42.5 Å². The lowest BCUT2D eigenvalue weighted by molar-refractivity contribution is -0.146. The molecule has 6 nitrogen and oxygen atoms in total. The topological polar surface area (TPSA) is 77.5 Å². The summed E-state index contributed by atoms with van der Waals surface area (Å²) in [5.41, 5.74) is 2.96. The summed E-state index contributed by atoms with van der Waals surface area (Å²) in [6.45, 7) is 1.96. The summed E-state index contributed by atoms with van der Waals surface area (Å²) in [6, 6.07) is 13.8. The Morgan fingerprint density at radius 1 is 1.08 bits per heavy atom. The largest absolute Gasteiger partial charge is 0.463 e. The van der Waals surface area contributed by atoms with E-state index in [9.17, 15) is 9.59 Å². The van der Waals surface area contributed by atoms with Crippen LogP contribution in [0.4, 0.5) is 4.79 Å². The minimum atomic E-state index is -0.642. The lowest BCUT2D eigenvalue weighted by atomic mass is 10.1. The maximum Gasteiger partial charge on any atom is 0.407 e. The van der Waals surface area contributed by atoms with Crippen LogP contribution in [0.3, 0.4) is 0 Å². The zero-order valence-electron chi connectivity index (χ0n) is 13.5. The van der Waals surface area contributed by atoms with Crippen LogP contribution in [-0.2, 0) is 20.7 Å². The molecule has 0 spiro atoms. The van der Waals surface area contributed by atoms with Crippen molar-refractivity contribution in [1.29, 1.82) is 0 Å². The normalized spacial score (nSPS) is 10.0. The van der Waals surface area contributed by atoms with E-state index in [2.05, 4.69) is 15.0 Å². The van der Waals surface area contributed by atoms with E-state index < -0.39 is 12.1 Å². The monoisotopic (exact) mass is 328 g/mol. The smallest absolute Gasteiger partial charge is 0.407 e. The van der Waals surface area contributed by atoms with Gasteiger partial charge < -0.3 is 14.8 Å². The van der Waals surface area contributed by atoms with Gasteiger partial charge in [-0.05, 0) is 25.0 Å². The molecule has 1 heterocycles. The third kappa shape index (κ3) is 5.72. The van der Waals surface area contributed by atoms with Gasteiger partial charge in [0, 0.05) is 18.3 Å². The Labute approximate surface area is 140 Å². The van der Waals surface area contributed by atoms with Crippen LogP contribution >= 0.6 is 0 Å². The van der Waals surface area contributed by atoms with Crippen LogP contribution in [0.2, 0.25) is 0 Å². The van der Waals surface area contributed by atoms with E-state index in [1.165, 1.54) is 0 Å². The van der Waals surface area contributed by atoms with Crippen LogP contribution in [0, 0.1) is 0 Å². The number of rotatable bonds is 7. The van der Waals surface area contributed by atoms with Gasteiger partial charge in [0.15, 0.2) is 6.61 Å². The van der Waals surface area contributed by atoms with Crippen LogP contribution in [0.15, 0.2) is 48.7 Å². The molecule has 2 aromatic rings. The van der Waals surface area contributed by atoms with Crippen LogP contribution in [0.25, 0.3) is 11.3 Å². The molecule has 1 N–H and O–H groups in total. The van der Waals surface area contributed by atoms with Crippen molar-refractivity contribution in [3.8, 4) is 11.3 Å². The number of esters is 1. The van der Waals surface area contributed by atoms with Crippen molar-refractivity contribution in [2.75, 3.05) is 19.8 Å². The van der Waals surface area contributed by atoms with Gasteiger partial charge in [-0.1, -0.05) is 36.4 Å². The number of aromatic nitrogens is 1. The zero-order valence-corrected chi connectivity index (χ0v) is 13.5. The molecule has 0 bridgehead atoms. The lowest BCUT2D eigenvalue weighted by Crippen LogP contribution is -2.28. The number of carbonyl (C=O) groups excluding carboxylic acids is 2.